The molecule has 20 heavy (non-hydrogen) atoms. The summed E-state index contributed by atoms with van der Waals surface area (Å²) in [5.74, 6) is -0.509. The van der Waals surface area contributed by atoms with E-state index in [-0.39, 0.29) is 35.3 Å². The standard InChI is InChI=1S/C11H7N5O3.Na/c17-10-8(16(18)19)6-12-11-13-9(14-15(10)11)7-4-2-1-3-5-7;/h1-6,17H;/q;+1/p-1. The van der Waals surface area contributed by atoms with E-state index in [2.05, 4.69) is 15.1 Å². The van der Waals surface area contributed by atoms with Crippen LogP contribution in [0, 0.1) is 10.1 Å². The van der Waals surface area contributed by atoms with Crippen LogP contribution >= 0.6 is 0 Å². The molecule has 0 atom stereocenters. The van der Waals surface area contributed by atoms with Gasteiger partial charge in [-0.15, -0.1) is 5.10 Å². The van der Waals surface area contributed by atoms with Crippen LogP contribution in [0.1, 0.15) is 0 Å². The molecular weight excluding hydrogens is 273 g/mol. The summed E-state index contributed by atoms with van der Waals surface area (Å²) in [5.41, 5.74) is 0.0760. The first-order valence-electron chi connectivity index (χ1n) is 5.29. The van der Waals surface area contributed by atoms with E-state index < -0.39 is 16.5 Å². The number of aromatic nitrogens is 4. The summed E-state index contributed by atoms with van der Waals surface area (Å²) in [7, 11) is 0. The molecule has 8 nitrogen and oxygen atoms in total. The molecule has 0 amide bonds. The van der Waals surface area contributed by atoms with Gasteiger partial charge in [-0.25, -0.2) is 9.50 Å². The second kappa shape index (κ2) is 5.53. The number of hydrogen-bond acceptors (Lipinski definition) is 6. The van der Waals surface area contributed by atoms with Crippen molar-refractivity contribution in [2.75, 3.05) is 0 Å². The van der Waals surface area contributed by atoms with E-state index >= 15 is 0 Å². The largest absolute Gasteiger partial charge is 1.00 e. The molecule has 0 aliphatic heterocycles. The minimum absolute atomic E-state index is 0. The van der Waals surface area contributed by atoms with Gasteiger partial charge in [0.1, 0.15) is 6.20 Å². The molecule has 2 heterocycles. The summed E-state index contributed by atoms with van der Waals surface area (Å²) in [6.45, 7) is 0. The zero-order chi connectivity index (χ0) is 13.4. The third-order valence-electron chi connectivity index (χ3n) is 2.53. The van der Waals surface area contributed by atoms with Crippen molar-refractivity contribution in [2.45, 2.75) is 0 Å². The molecule has 3 rings (SSSR count). The number of fused-ring (bicyclic) bond motifs is 1. The van der Waals surface area contributed by atoms with Crippen LogP contribution in [0.2, 0.25) is 0 Å². The Balaban J connectivity index is 0.00000147. The number of rotatable bonds is 2. The minimum Gasteiger partial charge on any atom is -0.854 e. The maximum Gasteiger partial charge on any atom is 1.00 e. The number of nitrogens with zero attached hydrogens (tertiary/aromatic N) is 5. The Morgan fingerprint density at radius 3 is 2.55 bits per heavy atom. The SMILES string of the molecule is O=[N+]([O-])c1cnc2nc(-c3ccccc3)nn2c1[O-].[Na+]. The van der Waals surface area contributed by atoms with Crippen molar-refractivity contribution in [2.24, 2.45) is 0 Å². The van der Waals surface area contributed by atoms with Gasteiger partial charge in [-0.3, -0.25) is 10.1 Å². The molecule has 2 aromatic heterocycles. The predicted octanol–water partition coefficient (Wildman–Crippen LogP) is -2.22. The van der Waals surface area contributed by atoms with Gasteiger partial charge in [-0.2, -0.15) is 4.98 Å². The van der Waals surface area contributed by atoms with Gasteiger partial charge >= 0.3 is 29.6 Å². The second-order valence-electron chi connectivity index (χ2n) is 3.72. The maximum absolute atomic E-state index is 11.8. The average Bonchev–Trinajstić information content (AvgIpc) is 2.85. The van der Waals surface area contributed by atoms with Crippen molar-refractivity contribution in [3.05, 3.63) is 46.6 Å². The van der Waals surface area contributed by atoms with Gasteiger partial charge < -0.3 is 5.11 Å². The van der Waals surface area contributed by atoms with Crippen LogP contribution in [-0.4, -0.2) is 24.5 Å². The molecule has 0 saturated heterocycles. The molecule has 3 aromatic rings. The van der Waals surface area contributed by atoms with Crippen LogP contribution in [0.4, 0.5) is 5.69 Å². The minimum atomic E-state index is -0.843. The topological polar surface area (TPSA) is 109 Å². The third kappa shape index (κ3) is 2.36. The van der Waals surface area contributed by atoms with E-state index in [0.717, 1.165) is 10.7 Å². The monoisotopic (exact) mass is 279 g/mol. The van der Waals surface area contributed by atoms with Crippen LogP contribution in [-0.2, 0) is 0 Å². The Bertz CT molecular complexity index is 774. The smallest absolute Gasteiger partial charge is 0.854 e. The van der Waals surface area contributed by atoms with E-state index in [0.29, 0.717) is 11.4 Å². The molecule has 0 bridgehead atoms. The van der Waals surface area contributed by atoms with Crippen LogP contribution in [0.15, 0.2) is 36.5 Å². The van der Waals surface area contributed by atoms with E-state index in [9.17, 15) is 15.2 Å². The number of hydrogen-bond donors (Lipinski definition) is 0. The van der Waals surface area contributed by atoms with Crippen molar-refractivity contribution in [3.8, 4) is 17.3 Å². The molecular formula is C11H6N5NaO3. The fourth-order valence-electron chi connectivity index (χ4n) is 1.64. The first kappa shape index (κ1) is 14.4. The second-order valence-corrected chi connectivity index (χ2v) is 3.72. The summed E-state index contributed by atoms with van der Waals surface area (Å²) >= 11 is 0. The van der Waals surface area contributed by atoms with Crippen molar-refractivity contribution in [3.63, 3.8) is 0 Å². The molecule has 0 unspecified atom stereocenters. The summed E-state index contributed by atoms with van der Waals surface area (Å²) in [4.78, 5) is 17.7. The molecule has 94 valence electrons. The molecule has 0 N–H and O–H groups in total. The molecule has 0 aliphatic carbocycles. The van der Waals surface area contributed by atoms with Crippen LogP contribution < -0.4 is 34.7 Å². The molecule has 0 fully saturated rings. The van der Waals surface area contributed by atoms with Gasteiger partial charge in [0.15, 0.2) is 5.82 Å². The molecule has 0 radical (unpaired) electrons. The maximum atomic E-state index is 11.8. The molecule has 0 aliphatic rings. The van der Waals surface area contributed by atoms with Crippen LogP contribution in [0.3, 0.4) is 0 Å². The van der Waals surface area contributed by atoms with Gasteiger partial charge in [0.25, 0.3) is 11.5 Å². The Morgan fingerprint density at radius 1 is 1.20 bits per heavy atom. The Kier molecular flexibility index (Phi) is 3.98. The predicted molar refractivity (Wildman–Crippen MR) is 62.3 cm³/mol. The van der Waals surface area contributed by atoms with E-state index in [1.54, 1.807) is 24.3 Å². The summed E-state index contributed by atoms with van der Waals surface area (Å²) in [6.07, 6.45) is 0.890. The van der Waals surface area contributed by atoms with Crippen LogP contribution in [0.5, 0.6) is 5.88 Å². The van der Waals surface area contributed by atoms with Gasteiger partial charge in [0.05, 0.1) is 10.8 Å². The third-order valence-corrected chi connectivity index (χ3v) is 2.53. The number of nitro groups is 1. The zero-order valence-electron chi connectivity index (χ0n) is 10.4. The fraction of sp³-hybridized carbons (Fsp3) is 0. The van der Waals surface area contributed by atoms with Crippen LogP contribution in [0.25, 0.3) is 17.2 Å². The summed E-state index contributed by atoms with van der Waals surface area (Å²) in [5, 5.41) is 26.4. The normalized spacial score (nSPS) is 10.2. The summed E-state index contributed by atoms with van der Waals surface area (Å²) in [6, 6.07) is 8.98. The Hall–Kier alpha value is -2.03. The zero-order valence-corrected chi connectivity index (χ0v) is 12.4. The molecule has 1 aromatic carbocycles. The Morgan fingerprint density at radius 2 is 1.90 bits per heavy atom. The van der Waals surface area contributed by atoms with E-state index in [1.807, 2.05) is 6.07 Å². The first-order chi connectivity index (χ1) is 9.16. The molecule has 0 spiro atoms. The van der Waals surface area contributed by atoms with Gasteiger partial charge in [-0.05, 0) is 0 Å². The van der Waals surface area contributed by atoms with Gasteiger partial charge in [0, 0.05) is 5.56 Å². The van der Waals surface area contributed by atoms with E-state index in [1.165, 1.54) is 0 Å². The van der Waals surface area contributed by atoms with Crippen molar-refractivity contribution < 1.29 is 39.6 Å². The molecule has 0 saturated carbocycles. The van der Waals surface area contributed by atoms with Gasteiger partial charge in [0.2, 0.25) is 0 Å². The van der Waals surface area contributed by atoms with Crippen molar-refractivity contribution >= 4 is 11.5 Å². The molecule has 9 heteroatoms. The van der Waals surface area contributed by atoms with Crippen molar-refractivity contribution in [1.82, 2.24) is 19.6 Å². The van der Waals surface area contributed by atoms with E-state index in [4.69, 9.17) is 0 Å². The van der Waals surface area contributed by atoms with Crippen molar-refractivity contribution in [1.29, 1.82) is 0 Å². The fourth-order valence-corrected chi connectivity index (χ4v) is 1.64. The quantitative estimate of drug-likeness (QED) is 0.298. The van der Waals surface area contributed by atoms with Gasteiger partial charge in [-0.1, -0.05) is 30.3 Å². The Labute approximate surface area is 134 Å². The average molecular weight is 279 g/mol. The summed E-state index contributed by atoms with van der Waals surface area (Å²) < 4.78 is 0.834. The number of benzene rings is 1. The first-order valence-corrected chi connectivity index (χ1v) is 5.29.